The monoisotopic (exact) mass is 304 g/mol. The van der Waals surface area contributed by atoms with Crippen molar-refractivity contribution in [2.75, 3.05) is 19.5 Å². The Labute approximate surface area is 126 Å². The van der Waals surface area contributed by atoms with Crippen LogP contribution in [0.5, 0.6) is 0 Å². The standard InChI is InChI=1S/C13H16N6O3/c1-21-13(20)22-6-8-2-4-9(5-3-8)19-17-10-11(14)15-7-16-12(10)18-19/h2,4,7-9H,3,5-6H2,1H3,(H2,14,15,16,18)/t8-,9+/m1/s1. The summed E-state index contributed by atoms with van der Waals surface area (Å²) in [5.74, 6) is 0.491. The topological polar surface area (TPSA) is 118 Å². The smallest absolute Gasteiger partial charge is 0.438 e. The van der Waals surface area contributed by atoms with Gasteiger partial charge in [-0.05, 0) is 12.8 Å². The molecule has 9 heteroatoms. The molecular weight excluding hydrogens is 288 g/mol. The first kappa shape index (κ1) is 14.2. The van der Waals surface area contributed by atoms with Gasteiger partial charge in [-0.1, -0.05) is 12.2 Å². The number of nitrogens with two attached hydrogens (primary N) is 1. The molecule has 1 aliphatic rings. The van der Waals surface area contributed by atoms with E-state index in [-0.39, 0.29) is 12.0 Å². The maximum absolute atomic E-state index is 11.0. The number of nitrogen functional groups attached to an aromatic ring is 1. The van der Waals surface area contributed by atoms with Crippen LogP contribution in [-0.4, -0.2) is 44.8 Å². The molecular formula is C13H16N6O3. The lowest BCUT2D eigenvalue weighted by molar-refractivity contribution is 0.0628. The second kappa shape index (κ2) is 5.96. The third-order valence-electron chi connectivity index (χ3n) is 3.55. The summed E-state index contributed by atoms with van der Waals surface area (Å²) in [5, 5.41) is 8.67. The number of nitrogens with zero attached hydrogens (tertiary/aromatic N) is 5. The minimum absolute atomic E-state index is 0.0305. The summed E-state index contributed by atoms with van der Waals surface area (Å²) in [4.78, 5) is 20.5. The zero-order chi connectivity index (χ0) is 15.5. The molecule has 0 saturated carbocycles. The quantitative estimate of drug-likeness (QED) is 0.661. The zero-order valence-corrected chi connectivity index (χ0v) is 12.0. The molecule has 0 spiro atoms. The third kappa shape index (κ3) is 2.83. The van der Waals surface area contributed by atoms with Gasteiger partial charge in [0.2, 0.25) is 5.65 Å². The van der Waals surface area contributed by atoms with Crippen molar-refractivity contribution in [1.82, 2.24) is 25.0 Å². The summed E-state index contributed by atoms with van der Waals surface area (Å²) >= 11 is 0. The zero-order valence-electron chi connectivity index (χ0n) is 12.0. The minimum Gasteiger partial charge on any atom is -0.438 e. The van der Waals surface area contributed by atoms with E-state index in [2.05, 4.69) is 24.9 Å². The van der Waals surface area contributed by atoms with E-state index in [0.717, 1.165) is 12.8 Å². The predicted octanol–water partition coefficient (Wildman–Crippen LogP) is 1.09. The summed E-state index contributed by atoms with van der Waals surface area (Å²) in [6, 6.07) is 0.0305. The summed E-state index contributed by atoms with van der Waals surface area (Å²) in [5.41, 5.74) is 6.75. The van der Waals surface area contributed by atoms with Crippen molar-refractivity contribution in [3.8, 4) is 0 Å². The van der Waals surface area contributed by atoms with E-state index in [1.807, 2.05) is 12.2 Å². The molecule has 0 aliphatic heterocycles. The Hall–Kier alpha value is -2.71. The lowest BCUT2D eigenvalue weighted by atomic mass is 9.94. The van der Waals surface area contributed by atoms with Crippen LogP contribution in [0, 0.1) is 5.92 Å². The molecule has 22 heavy (non-hydrogen) atoms. The van der Waals surface area contributed by atoms with Crippen LogP contribution in [0.3, 0.4) is 0 Å². The fourth-order valence-electron chi connectivity index (χ4n) is 2.35. The Bertz CT molecular complexity index is 713. The van der Waals surface area contributed by atoms with Gasteiger partial charge in [0.05, 0.1) is 13.2 Å². The molecule has 0 bridgehead atoms. The first-order chi connectivity index (χ1) is 10.7. The molecule has 2 aromatic heterocycles. The molecule has 2 aromatic rings. The Morgan fingerprint density at radius 1 is 1.36 bits per heavy atom. The van der Waals surface area contributed by atoms with Crippen LogP contribution in [0.25, 0.3) is 11.2 Å². The molecule has 0 unspecified atom stereocenters. The normalized spacial score (nSPS) is 21.0. The van der Waals surface area contributed by atoms with Gasteiger partial charge in [-0.3, -0.25) is 0 Å². The number of ether oxygens (including phenoxy) is 2. The molecule has 9 nitrogen and oxygen atoms in total. The van der Waals surface area contributed by atoms with Gasteiger partial charge in [-0.15, -0.1) is 10.2 Å². The average molecular weight is 304 g/mol. The number of hydrogen-bond donors (Lipinski definition) is 1. The number of methoxy groups -OCH3 is 1. The van der Waals surface area contributed by atoms with Crippen LogP contribution in [0.2, 0.25) is 0 Å². The van der Waals surface area contributed by atoms with Crippen molar-refractivity contribution in [2.45, 2.75) is 18.9 Å². The summed E-state index contributed by atoms with van der Waals surface area (Å²) in [6.45, 7) is 0.308. The Balaban J connectivity index is 1.69. The van der Waals surface area contributed by atoms with E-state index in [4.69, 9.17) is 10.5 Å². The number of allylic oxidation sites excluding steroid dienone is 1. The van der Waals surface area contributed by atoms with Gasteiger partial charge in [0.15, 0.2) is 11.3 Å². The van der Waals surface area contributed by atoms with Gasteiger partial charge in [0.1, 0.15) is 12.9 Å². The molecule has 2 heterocycles. The average Bonchev–Trinajstić information content (AvgIpc) is 2.98. The van der Waals surface area contributed by atoms with Crippen LogP contribution >= 0.6 is 0 Å². The van der Waals surface area contributed by atoms with Crippen molar-refractivity contribution in [3.05, 3.63) is 18.5 Å². The lowest BCUT2D eigenvalue weighted by Gasteiger charge is -2.21. The van der Waals surface area contributed by atoms with E-state index in [0.29, 0.717) is 23.6 Å². The number of hydrogen-bond acceptors (Lipinski definition) is 8. The van der Waals surface area contributed by atoms with Gasteiger partial charge >= 0.3 is 6.16 Å². The van der Waals surface area contributed by atoms with Gasteiger partial charge < -0.3 is 15.2 Å². The molecule has 0 saturated heterocycles. The first-order valence-electron chi connectivity index (χ1n) is 6.89. The number of rotatable bonds is 3. The second-order valence-corrected chi connectivity index (χ2v) is 5.01. The highest BCUT2D eigenvalue weighted by molar-refractivity contribution is 5.79. The minimum atomic E-state index is -0.662. The number of fused-ring (bicyclic) bond motifs is 1. The van der Waals surface area contributed by atoms with Crippen molar-refractivity contribution < 1.29 is 14.3 Å². The molecule has 2 N–H and O–H groups in total. The van der Waals surface area contributed by atoms with E-state index in [1.165, 1.54) is 13.4 Å². The van der Waals surface area contributed by atoms with E-state index in [9.17, 15) is 4.79 Å². The van der Waals surface area contributed by atoms with E-state index in [1.54, 1.807) is 4.80 Å². The largest absolute Gasteiger partial charge is 0.507 e. The Morgan fingerprint density at radius 2 is 2.23 bits per heavy atom. The van der Waals surface area contributed by atoms with Gasteiger partial charge in [0.25, 0.3) is 0 Å². The molecule has 3 rings (SSSR count). The molecule has 116 valence electrons. The number of carbonyl (C=O) groups is 1. The fraction of sp³-hybridized carbons (Fsp3) is 0.462. The highest BCUT2D eigenvalue weighted by Gasteiger charge is 2.21. The number of aromatic nitrogens is 5. The van der Waals surface area contributed by atoms with E-state index < -0.39 is 6.16 Å². The van der Waals surface area contributed by atoms with Crippen LogP contribution in [0.4, 0.5) is 10.6 Å². The molecule has 0 aromatic carbocycles. The molecule has 1 aliphatic carbocycles. The van der Waals surface area contributed by atoms with Crippen molar-refractivity contribution in [2.24, 2.45) is 5.92 Å². The van der Waals surface area contributed by atoms with Crippen molar-refractivity contribution in [3.63, 3.8) is 0 Å². The summed E-state index contributed by atoms with van der Waals surface area (Å²) < 4.78 is 9.39. The molecule has 2 atom stereocenters. The fourth-order valence-corrected chi connectivity index (χ4v) is 2.35. The van der Waals surface area contributed by atoms with Gasteiger partial charge in [-0.2, -0.15) is 4.80 Å². The van der Waals surface area contributed by atoms with Gasteiger partial charge in [0, 0.05) is 5.92 Å². The Morgan fingerprint density at radius 3 is 2.91 bits per heavy atom. The number of carbonyl (C=O) groups excluding carboxylic acids is 1. The predicted molar refractivity (Wildman–Crippen MR) is 76.8 cm³/mol. The highest BCUT2D eigenvalue weighted by Crippen LogP contribution is 2.26. The SMILES string of the molecule is COC(=O)OC[C@@H]1C=C[C@H](n2nc3ncnc(N)c3n2)CC1. The second-order valence-electron chi connectivity index (χ2n) is 5.01. The van der Waals surface area contributed by atoms with Crippen LogP contribution in [0.15, 0.2) is 18.5 Å². The maximum atomic E-state index is 11.0. The van der Waals surface area contributed by atoms with Crippen LogP contribution in [-0.2, 0) is 9.47 Å². The third-order valence-corrected chi connectivity index (χ3v) is 3.55. The van der Waals surface area contributed by atoms with Gasteiger partial charge in [-0.25, -0.2) is 14.8 Å². The highest BCUT2D eigenvalue weighted by atomic mass is 16.7. The summed E-state index contributed by atoms with van der Waals surface area (Å²) in [7, 11) is 1.29. The molecule has 0 radical (unpaired) electrons. The van der Waals surface area contributed by atoms with E-state index >= 15 is 0 Å². The first-order valence-corrected chi connectivity index (χ1v) is 6.89. The van der Waals surface area contributed by atoms with Crippen LogP contribution < -0.4 is 5.73 Å². The molecule has 0 fully saturated rings. The summed E-state index contributed by atoms with van der Waals surface area (Å²) in [6.07, 6.45) is 6.40. The van der Waals surface area contributed by atoms with Crippen LogP contribution in [0.1, 0.15) is 18.9 Å². The Kier molecular flexibility index (Phi) is 3.86. The lowest BCUT2D eigenvalue weighted by Crippen LogP contribution is -2.19. The van der Waals surface area contributed by atoms with Crippen molar-refractivity contribution >= 4 is 23.1 Å². The maximum Gasteiger partial charge on any atom is 0.507 e. The number of anilines is 1. The van der Waals surface area contributed by atoms with Crippen molar-refractivity contribution in [1.29, 1.82) is 0 Å². The molecule has 0 amide bonds.